The fourth-order valence-corrected chi connectivity index (χ4v) is 4.89. The molecule has 1 N–H and O–H groups in total. The molecule has 0 atom stereocenters. The summed E-state index contributed by atoms with van der Waals surface area (Å²) in [5, 5.41) is 3.38. The van der Waals surface area contributed by atoms with Crippen LogP contribution in [0.15, 0.2) is 33.5 Å². The highest BCUT2D eigenvalue weighted by molar-refractivity contribution is 7.17. The number of amides is 1. The number of hydrogen-bond donors (Lipinski definition) is 1. The SMILES string of the molecule is COC(=O)c1c(NC(=O)CCn2c(=O)oc3ccccc32)sc2c1CCCC2. The molecule has 0 saturated carbocycles. The topological polar surface area (TPSA) is 90.5 Å². The van der Waals surface area contributed by atoms with Gasteiger partial charge in [-0.05, 0) is 43.4 Å². The van der Waals surface area contributed by atoms with Crippen LogP contribution in [0.1, 0.15) is 40.1 Å². The number of nitrogens with one attached hydrogen (secondary N) is 1. The maximum Gasteiger partial charge on any atom is 0.419 e. The van der Waals surface area contributed by atoms with Crippen molar-refractivity contribution in [2.75, 3.05) is 12.4 Å². The van der Waals surface area contributed by atoms with Gasteiger partial charge in [0.2, 0.25) is 5.91 Å². The van der Waals surface area contributed by atoms with Gasteiger partial charge in [0, 0.05) is 17.8 Å². The molecule has 146 valence electrons. The third-order valence-corrected chi connectivity index (χ3v) is 6.16. The first-order valence-corrected chi connectivity index (χ1v) is 10.0. The van der Waals surface area contributed by atoms with Gasteiger partial charge in [-0.15, -0.1) is 11.3 Å². The van der Waals surface area contributed by atoms with Crippen LogP contribution in [0, 0.1) is 0 Å². The van der Waals surface area contributed by atoms with E-state index < -0.39 is 11.7 Å². The molecule has 0 radical (unpaired) electrons. The van der Waals surface area contributed by atoms with E-state index in [0.29, 0.717) is 21.7 Å². The number of fused-ring (bicyclic) bond motifs is 2. The highest BCUT2D eigenvalue weighted by atomic mass is 32.1. The first-order valence-electron chi connectivity index (χ1n) is 9.19. The van der Waals surface area contributed by atoms with Crippen LogP contribution in [-0.2, 0) is 28.9 Å². The first-order chi connectivity index (χ1) is 13.6. The van der Waals surface area contributed by atoms with E-state index in [-0.39, 0.29) is 18.9 Å². The van der Waals surface area contributed by atoms with Gasteiger partial charge in [0.1, 0.15) is 5.00 Å². The molecule has 2 heterocycles. The number of oxazole rings is 1. The van der Waals surface area contributed by atoms with Crippen LogP contribution in [0.25, 0.3) is 11.1 Å². The summed E-state index contributed by atoms with van der Waals surface area (Å²) in [6.07, 6.45) is 3.93. The van der Waals surface area contributed by atoms with Crippen LogP contribution < -0.4 is 11.1 Å². The standard InChI is InChI=1S/C20H20N2O5S/c1-26-19(24)17-12-6-2-5-9-15(12)28-18(17)21-16(23)10-11-22-13-7-3-4-8-14(13)27-20(22)25/h3-4,7-8H,2,5-6,9-11H2,1H3,(H,21,23). The summed E-state index contributed by atoms with van der Waals surface area (Å²) < 4.78 is 11.6. The molecule has 7 nitrogen and oxygen atoms in total. The monoisotopic (exact) mass is 400 g/mol. The van der Waals surface area contributed by atoms with Gasteiger partial charge in [-0.2, -0.15) is 0 Å². The van der Waals surface area contributed by atoms with Crippen LogP contribution in [-0.4, -0.2) is 23.6 Å². The summed E-state index contributed by atoms with van der Waals surface area (Å²) >= 11 is 1.44. The van der Waals surface area contributed by atoms with Crippen molar-refractivity contribution in [1.82, 2.24) is 4.57 Å². The van der Waals surface area contributed by atoms with Crippen molar-refractivity contribution in [2.45, 2.75) is 38.6 Å². The highest BCUT2D eigenvalue weighted by Crippen LogP contribution is 2.38. The average molecular weight is 400 g/mol. The molecule has 0 spiro atoms. The normalized spacial score (nSPS) is 13.3. The lowest BCUT2D eigenvalue weighted by molar-refractivity contribution is -0.116. The van der Waals surface area contributed by atoms with Crippen LogP contribution in [0.5, 0.6) is 0 Å². The quantitative estimate of drug-likeness (QED) is 0.663. The fraction of sp³-hybridized carbons (Fsp3) is 0.350. The van der Waals surface area contributed by atoms with E-state index in [0.717, 1.165) is 36.1 Å². The Bertz CT molecular complexity index is 1110. The molecule has 0 bridgehead atoms. The Morgan fingerprint density at radius 3 is 2.86 bits per heavy atom. The number of hydrogen-bond acceptors (Lipinski definition) is 6. The molecule has 0 unspecified atom stereocenters. The Hall–Kier alpha value is -2.87. The van der Waals surface area contributed by atoms with Crippen molar-refractivity contribution in [3.8, 4) is 0 Å². The summed E-state index contributed by atoms with van der Waals surface area (Å²) in [7, 11) is 1.34. The third kappa shape index (κ3) is 3.35. The predicted octanol–water partition coefficient (Wildman–Crippen LogP) is 3.35. The second kappa shape index (κ2) is 7.63. The number of rotatable bonds is 5. The van der Waals surface area contributed by atoms with E-state index in [2.05, 4.69) is 5.32 Å². The van der Waals surface area contributed by atoms with Gasteiger partial charge in [0.15, 0.2) is 5.58 Å². The molecule has 1 aromatic carbocycles. The molecule has 1 amide bonds. The molecule has 1 aliphatic carbocycles. The lowest BCUT2D eigenvalue weighted by atomic mass is 9.95. The molecule has 8 heteroatoms. The molecule has 0 fully saturated rings. The fourth-order valence-electron chi connectivity index (χ4n) is 3.60. The van der Waals surface area contributed by atoms with Crippen LogP contribution in [0.4, 0.5) is 5.00 Å². The number of nitrogens with zero attached hydrogens (tertiary/aromatic N) is 1. The molecule has 3 aromatic rings. The number of aromatic nitrogens is 1. The molecule has 0 saturated heterocycles. The largest absolute Gasteiger partial charge is 0.465 e. The number of ether oxygens (including phenoxy) is 1. The predicted molar refractivity (Wildman–Crippen MR) is 106 cm³/mol. The van der Waals surface area contributed by atoms with E-state index >= 15 is 0 Å². The Morgan fingerprint density at radius 1 is 1.25 bits per heavy atom. The molecule has 28 heavy (non-hydrogen) atoms. The van der Waals surface area contributed by atoms with E-state index in [1.54, 1.807) is 18.2 Å². The van der Waals surface area contributed by atoms with Gasteiger partial charge >= 0.3 is 11.7 Å². The Morgan fingerprint density at radius 2 is 2.04 bits per heavy atom. The van der Waals surface area contributed by atoms with Crippen molar-refractivity contribution in [3.05, 3.63) is 50.8 Å². The molecule has 0 aliphatic heterocycles. The van der Waals surface area contributed by atoms with E-state index in [9.17, 15) is 14.4 Å². The lowest BCUT2D eigenvalue weighted by Crippen LogP contribution is -2.20. The van der Waals surface area contributed by atoms with Gasteiger partial charge in [-0.1, -0.05) is 12.1 Å². The summed E-state index contributed by atoms with van der Waals surface area (Å²) in [6.45, 7) is 0.195. The third-order valence-electron chi connectivity index (χ3n) is 4.95. The molecular formula is C20H20N2O5S. The molecular weight excluding hydrogens is 380 g/mol. The van der Waals surface area contributed by atoms with Gasteiger partial charge < -0.3 is 14.5 Å². The maximum atomic E-state index is 12.5. The number of aryl methyl sites for hydroxylation is 2. The van der Waals surface area contributed by atoms with Gasteiger partial charge in [0.25, 0.3) is 0 Å². The number of esters is 1. The van der Waals surface area contributed by atoms with Gasteiger partial charge in [0.05, 0.1) is 18.2 Å². The summed E-state index contributed by atoms with van der Waals surface area (Å²) in [4.78, 5) is 38.0. The highest BCUT2D eigenvalue weighted by Gasteiger charge is 2.26. The Kier molecular flexibility index (Phi) is 5.04. The van der Waals surface area contributed by atoms with E-state index in [4.69, 9.17) is 9.15 Å². The van der Waals surface area contributed by atoms with Crippen molar-refractivity contribution < 1.29 is 18.7 Å². The van der Waals surface area contributed by atoms with Crippen molar-refractivity contribution >= 4 is 39.3 Å². The van der Waals surface area contributed by atoms with Crippen molar-refractivity contribution in [1.29, 1.82) is 0 Å². The smallest absolute Gasteiger partial charge is 0.419 e. The van der Waals surface area contributed by atoms with Gasteiger partial charge in [-0.3, -0.25) is 9.36 Å². The number of benzene rings is 1. The first kappa shape index (κ1) is 18.5. The number of carbonyl (C=O) groups is 2. The second-order valence-corrected chi connectivity index (χ2v) is 7.80. The van der Waals surface area contributed by atoms with Crippen molar-refractivity contribution in [3.63, 3.8) is 0 Å². The minimum atomic E-state index is -0.490. The summed E-state index contributed by atoms with van der Waals surface area (Å²) in [6, 6.07) is 7.09. The van der Waals surface area contributed by atoms with Crippen molar-refractivity contribution in [2.24, 2.45) is 0 Å². The Labute approximate surface area is 164 Å². The lowest BCUT2D eigenvalue weighted by Gasteiger charge is -2.11. The van der Waals surface area contributed by atoms with E-state index in [1.807, 2.05) is 6.07 Å². The number of methoxy groups -OCH3 is 1. The zero-order valence-corrected chi connectivity index (χ0v) is 16.3. The zero-order valence-electron chi connectivity index (χ0n) is 15.4. The number of para-hydroxylation sites is 2. The van der Waals surface area contributed by atoms with E-state index in [1.165, 1.54) is 23.0 Å². The molecule has 2 aromatic heterocycles. The minimum Gasteiger partial charge on any atom is -0.465 e. The zero-order chi connectivity index (χ0) is 19.7. The number of thiophene rings is 1. The average Bonchev–Trinajstić information content (AvgIpc) is 3.22. The molecule has 1 aliphatic rings. The Balaban J connectivity index is 1.52. The number of carbonyl (C=O) groups excluding carboxylic acids is 2. The number of anilines is 1. The van der Waals surface area contributed by atoms with Crippen LogP contribution in [0.3, 0.4) is 0 Å². The molecule has 4 rings (SSSR count). The summed E-state index contributed by atoms with van der Waals surface area (Å²) in [5.41, 5.74) is 2.62. The maximum absolute atomic E-state index is 12.5. The summed E-state index contributed by atoms with van der Waals surface area (Å²) in [5.74, 6) is -1.18. The minimum absolute atomic E-state index is 0.0899. The van der Waals surface area contributed by atoms with Crippen LogP contribution >= 0.6 is 11.3 Å². The second-order valence-electron chi connectivity index (χ2n) is 6.69. The van der Waals surface area contributed by atoms with Gasteiger partial charge in [-0.25, -0.2) is 9.59 Å². The van der Waals surface area contributed by atoms with Crippen LogP contribution in [0.2, 0.25) is 0 Å².